The summed E-state index contributed by atoms with van der Waals surface area (Å²) >= 11 is 0. The topological polar surface area (TPSA) is 90.2 Å². The Bertz CT molecular complexity index is 673. The lowest BCUT2D eigenvalue weighted by Crippen LogP contribution is -2.07. The molecule has 0 spiro atoms. The second kappa shape index (κ2) is 6.17. The molecule has 0 saturated carbocycles. The van der Waals surface area contributed by atoms with Crippen molar-refractivity contribution >= 4 is 11.6 Å². The molecule has 1 heterocycles. The number of nitro groups is 1. The standard InChI is InChI=1S/C14H16N4O3/c1-4-15-14-16-10(3)12(18(19)20)13(17-14)21-11-7-5-6-9(2)8-11/h5-8H,4H2,1-3H3,(H,15,16,17). The van der Waals surface area contributed by atoms with E-state index in [2.05, 4.69) is 15.3 Å². The number of nitrogens with zero attached hydrogens (tertiary/aromatic N) is 3. The highest BCUT2D eigenvalue weighted by molar-refractivity contribution is 5.50. The van der Waals surface area contributed by atoms with Gasteiger partial charge in [-0.25, -0.2) is 4.98 Å². The van der Waals surface area contributed by atoms with Gasteiger partial charge in [0.05, 0.1) is 4.92 Å². The predicted molar refractivity (Wildman–Crippen MR) is 78.8 cm³/mol. The van der Waals surface area contributed by atoms with E-state index in [4.69, 9.17) is 4.74 Å². The summed E-state index contributed by atoms with van der Waals surface area (Å²) in [5.74, 6) is 0.746. The number of rotatable bonds is 5. The molecule has 1 N–H and O–H groups in total. The van der Waals surface area contributed by atoms with Crippen LogP contribution in [0.4, 0.5) is 11.6 Å². The SMILES string of the molecule is CCNc1nc(C)c([N+](=O)[O-])c(Oc2cccc(C)c2)n1. The number of hydrogen-bond acceptors (Lipinski definition) is 6. The quantitative estimate of drug-likeness (QED) is 0.671. The minimum absolute atomic E-state index is 0.0611. The number of aromatic nitrogens is 2. The van der Waals surface area contributed by atoms with Gasteiger partial charge in [0.25, 0.3) is 0 Å². The van der Waals surface area contributed by atoms with Gasteiger partial charge in [0.15, 0.2) is 0 Å². The molecule has 2 aromatic rings. The Morgan fingerprint density at radius 2 is 2.10 bits per heavy atom. The summed E-state index contributed by atoms with van der Waals surface area (Å²) in [4.78, 5) is 18.8. The Morgan fingerprint density at radius 1 is 1.33 bits per heavy atom. The largest absolute Gasteiger partial charge is 0.434 e. The van der Waals surface area contributed by atoms with Crippen LogP contribution in [0.15, 0.2) is 24.3 Å². The number of anilines is 1. The summed E-state index contributed by atoms with van der Waals surface area (Å²) in [6.45, 7) is 5.97. The second-order valence-electron chi connectivity index (χ2n) is 4.49. The van der Waals surface area contributed by atoms with E-state index in [-0.39, 0.29) is 17.3 Å². The smallest absolute Gasteiger partial charge is 0.352 e. The number of nitrogens with one attached hydrogen (secondary N) is 1. The summed E-state index contributed by atoms with van der Waals surface area (Å²) < 4.78 is 5.59. The maximum absolute atomic E-state index is 11.2. The van der Waals surface area contributed by atoms with Gasteiger partial charge in [-0.2, -0.15) is 4.98 Å². The molecule has 0 aliphatic carbocycles. The van der Waals surface area contributed by atoms with Crippen molar-refractivity contribution in [3.63, 3.8) is 0 Å². The van der Waals surface area contributed by atoms with E-state index >= 15 is 0 Å². The third-order valence-corrected chi connectivity index (χ3v) is 2.75. The lowest BCUT2D eigenvalue weighted by molar-refractivity contribution is -0.386. The lowest BCUT2D eigenvalue weighted by atomic mass is 10.2. The third-order valence-electron chi connectivity index (χ3n) is 2.75. The van der Waals surface area contributed by atoms with Gasteiger partial charge in [-0.05, 0) is 38.5 Å². The zero-order valence-electron chi connectivity index (χ0n) is 12.1. The van der Waals surface area contributed by atoms with Crippen molar-refractivity contribution in [3.05, 3.63) is 45.6 Å². The Hall–Kier alpha value is -2.70. The summed E-state index contributed by atoms with van der Waals surface area (Å²) in [5.41, 5.74) is 1.03. The van der Waals surface area contributed by atoms with E-state index in [9.17, 15) is 10.1 Å². The number of benzene rings is 1. The number of aryl methyl sites for hydroxylation is 2. The van der Waals surface area contributed by atoms with Crippen LogP contribution < -0.4 is 10.1 Å². The van der Waals surface area contributed by atoms with Crippen molar-refractivity contribution in [1.82, 2.24) is 9.97 Å². The molecule has 0 aliphatic rings. The molecule has 0 unspecified atom stereocenters. The highest BCUT2D eigenvalue weighted by Gasteiger charge is 2.24. The van der Waals surface area contributed by atoms with Gasteiger partial charge < -0.3 is 10.1 Å². The molecule has 0 fully saturated rings. The molecule has 0 amide bonds. The first kappa shape index (κ1) is 14.7. The number of hydrogen-bond donors (Lipinski definition) is 1. The molecule has 0 saturated heterocycles. The minimum Gasteiger partial charge on any atom is -0.434 e. The van der Waals surface area contributed by atoms with Crippen LogP contribution in [0.25, 0.3) is 0 Å². The van der Waals surface area contributed by atoms with Crippen molar-refractivity contribution in [1.29, 1.82) is 0 Å². The van der Waals surface area contributed by atoms with Crippen molar-refractivity contribution < 1.29 is 9.66 Å². The van der Waals surface area contributed by atoms with Crippen LogP contribution in [0.5, 0.6) is 11.6 Å². The van der Waals surface area contributed by atoms with Gasteiger partial charge >= 0.3 is 11.6 Å². The van der Waals surface area contributed by atoms with Crippen molar-refractivity contribution in [2.24, 2.45) is 0 Å². The van der Waals surface area contributed by atoms with Gasteiger partial charge in [0, 0.05) is 6.54 Å². The average Bonchev–Trinajstić information content (AvgIpc) is 2.38. The fourth-order valence-electron chi connectivity index (χ4n) is 1.85. The molecule has 21 heavy (non-hydrogen) atoms. The first-order chi connectivity index (χ1) is 10.0. The van der Waals surface area contributed by atoms with Gasteiger partial charge in [0.1, 0.15) is 11.4 Å². The molecule has 1 aromatic heterocycles. The van der Waals surface area contributed by atoms with E-state index < -0.39 is 4.92 Å². The molecule has 7 heteroatoms. The van der Waals surface area contributed by atoms with Crippen LogP contribution in [-0.4, -0.2) is 21.4 Å². The molecule has 7 nitrogen and oxygen atoms in total. The first-order valence-corrected chi connectivity index (χ1v) is 6.52. The van der Waals surface area contributed by atoms with Crippen LogP contribution in [-0.2, 0) is 0 Å². The fraction of sp³-hybridized carbons (Fsp3) is 0.286. The number of ether oxygens (including phenoxy) is 1. The first-order valence-electron chi connectivity index (χ1n) is 6.52. The Kier molecular flexibility index (Phi) is 4.32. The van der Waals surface area contributed by atoms with E-state index in [1.54, 1.807) is 19.1 Å². The Balaban J connectivity index is 2.46. The van der Waals surface area contributed by atoms with Gasteiger partial charge in [-0.15, -0.1) is 0 Å². The highest BCUT2D eigenvalue weighted by Crippen LogP contribution is 2.32. The molecule has 0 aliphatic heterocycles. The van der Waals surface area contributed by atoms with Crippen LogP contribution in [0.2, 0.25) is 0 Å². The summed E-state index contributed by atoms with van der Waals surface area (Å²) in [6.07, 6.45) is 0. The molecule has 110 valence electrons. The van der Waals surface area contributed by atoms with Crippen LogP contribution in [0, 0.1) is 24.0 Å². The Labute approximate surface area is 122 Å². The zero-order chi connectivity index (χ0) is 15.4. The summed E-state index contributed by atoms with van der Waals surface area (Å²) in [5, 5.41) is 14.1. The van der Waals surface area contributed by atoms with Crippen LogP contribution in [0.1, 0.15) is 18.2 Å². The van der Waals surface area contributed by atoms with Crippen molar-refractivity contribution in [3.8, 4) is 11.6 Å². The summed E-state index contributed by atoms with van der Waals surface area (Å²) in [6, 6.07) is 7.24. The predicted octanol–water partition coefficient (Wildman–Crippen LogP) is 3.23. The van der Waals surface area contributed by atoms with Crippen LogP contribution >= 0.6 is 0 Å². The van der Waals surface area contributed by atoms with Crippen LogP contribution in [0.3, 0.4) is 0 Å². The molecular formula is C14H16N4O3. The second-order valence-corrected chi connectivity index (χ2v) is 4.49. The maximum atomic E-state index is 11.2. The highest BCUT2D eigenvalue weighted by atomic mass is 16.6. The van der Waals surface area contributed by atoms with E-state index in [1.165, 1.54) is 0 Å². The van der Waals surface area contributed by atoms with E-state index in [1.807, 2.05) is 26.0 Å². The fourth-order valence-corrected chi connectivity index (χ4v) is 1.85. The van der Waals surface area contributed by atoms with E-state index in [0.29, 0.717) is 18.2 Å². The molecule has 0 atom stereocenters. The lowest BCUT2D eigenvalue weighted by Gasteiger charge is -2.09. The maximum Gasteiger partial charge on any atom is 0.352 e. The monoisotopic (exact) mass is 288 g/mol. The Morgan fingerprint density at radius 3 is 2.71 bits per heavy atom. The molecule has 1 aromatic carbocycles. The third kappa shape index (κ3) is 3.44. The molecule has 0 radical (unpaired) electrons. The molecular weight excluding hydrogens is 272 g/mol. The minimum atomic E-state index is -0.532. The molecule has 2 rings (SSSR count). The normalized spacial score (nSPS) is 10.2. The van der Waals surface area contributed by atoms with E-state index in [0.717, 1.165) is 5.56 Å². The van der Waals surface area contributed by atoms with Crippen molar-refractivity contribution in [2.75, 3.05) is 11.9 Å². The van der Waals surface area contributed by atoms with Gasteiger partial charge in [-0.1, -0.05) is 12.1 Å². The summed E-state index contributed by atoms with van der Waals surface area (Å²) in [7, 11) is 0. The van der Waals surface area contributed by atoms with Gasteiger partial charge in [0.2, 0.25) is 5.95 Å². The average molecular weight is 288 g/mol. The van der Waals surface area contributed by atoms with Gasteiger partial charge in [-0.3, -0.25) is 10.1 Å². The van der Waals surface area contributed by atoms with Crippen molar-refractivity contribution in [2.45, 2.75) is 20.8 Å². The zero-order valence-corrected chi connectivity index (χ0v) is 12.1. The molecule has 0 bridgehead atoms.